The summed E-state index contributed by atoms with van der Waals surface area (Å²) in [6.07, 6.45) is 0. The maximum atomic E-state index is 5.42. The van der Waals surface area contributed by atoms with E-state index in [0.29, 0.717) is 11.6 Å². The van der Waals surface area contributed by atoms with Crippen LogP contribution in [-0.4, -0.2) is 17.1 Å². The van der Waals surface area contributed by atoms with Crippen molar-refractivity contribution < 1.29 is 4.74 Å². The van der Waals surface area contributed by atoms with E-state index in [-0.39, 0.29) is 0 Å². The summed E-state index contributed by atoms with van der Waals surface area (Å²) in [5, 5.41) is 6.66. The van der Waals surface area contributed by atoms with Gasteiger partial charge in [-0.1, -0.05) is 18.2 Å². The lowest BCUT2D eigenvalue weighted by Crippen LogP contribution is -2.02. The fourth-order valence-electron chi connectivity index (χ4n) is 2.62. The van der Waals surface area contributed by atoms with E-state index in [1.165, 1.54) is 5.56 Å². The van der Waals surface area contributed by atoms with Gasteiger partial charge in [0.25, 0.3) is 0 Å². The van der Waals surface area contributed by atoms with Crippen molar-refractivity contribution in [2.75, 3.05) is 17.7 Å². The highest BCUT2D eigenvalue weighted by Crippen LogP contribution is 2.29. The van der Waals surface area contributed by atoms with Crippen LogP contribution in [0.3, 0.4) is 0 Å². The Hall–Kier alpha value is -3.08. The lowest BCUT2D eigenvalue weighted by atomic mass is 10.2. The predicted octanol–water partition coefficient (Wildman–Crippen LogP) is 4.90. The molecule has 0 saturated carbocycles. The van der Waals surface area contributed by atoms with E-state index in [1.807, 2.05) is 50.2 Å². The van der Waals surface area contributed by atoms with Crippen molar-refractivity contribution in [2.24, 2.45) is 0 Å². The van der Waals surface area contributed by atoms with Gasteiger partial charge in [-0.2, -0.15) is 0 Å². The molecule has 5 heteroatoms. The second kappa shape index (κ2) is 7.21. The van der Waals surface area contributed by atoms with E-state index >= 15 is 0 Å². The molecule has 0 aliphatic carbocycles. The average Bonchev–Trinajstić information content (AvgIpc) is 2.54. The van der Waals surface area contributed by atoms with E-state index in [9.17, 15) is 0 Å². The highest BCUT2D eigenvalue weighted by atomic mass is 16.5. The third kappa shape index (κ3) is 4.26. The number of aryl methyl sites for hydroxylation is 3. The number of ether oxygens (including phenoxy) is 1. The van der Waals surface area contributed by atoms with Crippen molar-refractivity contribution in [1.29, 1.82) is 0 Å². The molecule has 0 spiro atoms. The van der Waals surface area contributed by atoms with Gasteiger partial charge >= 0.3 is 0 Å². The molecule has 0 atom stereocenters. The van der Waals surface area contributed by atoms with Gasteiger partial charge in [-0.15, -0.1) is 0 Å². The van der Waals surface area contributed by atoms with Crippen LogP contribution in [0.25, 0.3) is 0 Å². The molecule has 0 saturated heterocycles. The molecule has 0 amide bonds. The standard InChI is InChI=1S/C20H22N4O/c1-13-6-5-7-16(10-13)23-19-12-20(22-15(3)21-19)24-17-11-14(2)8-9-18(17)25-4/h5-12H,1-4H3,(H2,21,22,23,24). The van der Waals surface area contributed by atoms with Crippen molar-refractivity contribution in [1.82, 2.24) is 9.97 Å². The molecular formula is C20H22N4O. The van der Waals surface area contributed by atoms with Crippen LogP contribution >= 0.6 is 0 Å². The molecule has 0 aliphatic rings. The molecule has 3 rings (SSSR count). The van der Waals surface area contributed by atoms with Crippen LogP contribution < -0.4 is 15.4 Å². The van der Waals surface area contributed by atoms with Gasteiger partial charge in [-0.25, -0.2) is 9.97 Å². The van der Waals surface area contributed by atoms with Crippen molar-refractivity contribution in [3.8, 4) is 5.75 Å². The van der Waals surface area contributed by atoms with Crippen LogP contribution in [0.5, 0.6) is 5.75 Å². The molecule has 3 aromatic rings. The second-order valence-corrected chi connectivity index (χ2v) is 6.01. The van der Waals surface area contributed by atoms with Crippen molar-refractivity contribution in [2.45, 2.75) is 20.8 Å². The van der Waals surface area contributed by atoms with Crippen LogP contribution in [-0.2, 0) is 0 Å². The fourth-order valence-corrected chi connectivity index (χ4v) is 2.62. The molecule has 2 aromatic carbocycles. The zero-order valence-corrected chi connectivity index (χ0v) is 14.9. The quantitative estimate of drug-likeness (QED) is 0.695. The first kappa shape index (κ1) is 16.8. The monoisotopic (exact) mass is 334 g/mol. The lowest BCUT2D eigenvalue weighted by Gasteiger charge is -2.13. The van der Waals surface area contributed by atoms with Gasteiger partial charge in [-0.05, 0) is 56.2 Å². The van der Waals surface area contributed by atoms with Crippen molar-refractivity contribution in [3.63, 3.8) is 0 Å². The zero-order chi connectivity index (χ0) is 17.8. The number of anilines is 4. The van der Waals surface area contributed by atoms with E-state index in [1.54, 1.807) is 7.11 Å². The maximum absolute atomic E-state index is 5.42. The number of hydrogen-bond acceptors (Lipinski definition) is 5. The van der Waals surface area contributed by atoms with Gasteiger partial charge in [-0.3, -0.25) is 0 Å². The minimum atomic E-state index is 0.687. The first-order valence-corrected chi connectivity index (χ1v) is 8.14. The van der Waals surface area contributed by atoms with Crippen molar-refractivity contribution in [3.05, 3.63) is 65.5 Å². The van der Waals surface area contributed by atoms with Gasteiger partial charge in [0, 0.05) is 11.8 Å². The third-order valence-corrected chi connectivity index (χ3v) is 3.75. The zero-order valence-electron chi connectivity index (χ0n) is 14.9. The number of methoxy groups -OCH3 is 1. The van der Waals surface area contributed by atoms with E-state index in [2.05, 4.69) is 39.7 Å². The molecule has 128 valence electrons. The molecule has 0 bridgehead atoms. The Kier molecular flexibility index (Phi) is 4.84. The van der Waals surface area contributed by atoms with E-state index < -0.39 is 0 Å². The largest absolute Gasteiger partial charge is 0.495 e. The smallest absolute Gasteiger partial charge is 0.142 e. The Balaban J connectivity index is 1.88. The molecule has 1 heterocycles. The van der Waals surface area contributed by atoms with Crippen LogP contribution in [0, 0.1) is 20.8 Å². The molecule has 0 radical (unpaired) electrons. The van der Waals surface area contributed by atoms with Crippen molar-refractivity contribution >= 4 is 23.0 Å². The lowest BCUT2D eigenvalue weighted by molar-refractivity contribution is 0.416. The number of nitrogens with one attached hydrogen (secondary N) is 2. The molecule has 0 unspecified atom stereocenters. The van der Waals surface area contributed by atoms with Gasteiger partial charge < -0.3 is 15.4 Å². The summed E-state index contributed by atoms with van der Waals surface area (Å²) in [6, 6.07) is 16.0. The Morgan fingerprint density at radius 3 is 2.24 bits per heavy atom. The van der Waals surface area contributed by atoms with Gasteiger partial charge in [0.05, 0.1) is 12.8 Å². The fraction of sp³-hybridized carbons (Fsp3) is 0.200. The summed E-state index contributed by atoms with van der Waals surface area (Å²) < 4.78 is 5.42. The highest BCUT2D eigenvalue weighted by Gasteiger charge is 2.07. The number of nitrogens with zero attached hydrogens (tertiary/aromatic N) is 2. The highest BCUT2D eigenvalue weighted by molar-refractivity contribution is 5.68. The minimum Gasteiger partial charge on any atom is -0.495 e. The number of rotatable bonds is 5. The van der Waals surface area contributed by atoms with Crippen LogP contribution in [0.1, 0.15) is 17.0 Å². The second-order valence-electron chi connectivity index (χ2n) is 6.01. The summed E-state index contributed by atoms with van der Waals surface area (Å²) in [4.78, 5) is 8.94. The average molecular weight is 334 g/mol. The molecule has 0 fully saturated rings. The Bertz CT molecular complexity index is 893. The Labute approximate surface area is 148 Å². The Morgan fingerprint density at radius 2 is 1.52 bits per heavy atom. The summed E-state index contributed by atoms with van der Waals surface area (Å²) >= 11 is 0. The first-order chi connectivity index (χ1) is 12.0. The van der Waals surface area contributed by atoms with Gasteiger partial charge in [0.15, 0.2) is 0 Å². The van der Waals surface area contributed by atoms with E-state index in [4.69, 9.17) is 4.74 Å². The molecular weight excluding hydrogens is 312 g/mol. The van der Waals surface area contributed by atoms with Crippen LogP contribution in [0.2, 0.25) is 0 Å². The summed E-state index contributed by atoms with van der Waals surface area (Å²) in [7, 11) is 1.66. The first-order valence-electron chi connectivity index (χ1n) is 8.14. The molecule has 5 nitrogen and oxygen atoms in total. The van der Waals surface area contributed by atoms with E-state index in [0.717, 1.165) is 28.5 Å². The normalized spacial score (nSPS) is 10.4. The summed E-state index contributed by atoms with van der Waals surface area (Å²) in [5.74, 6) is 2.92. The molecule has 25 heavy (non-hydrogen) atoms. The van der Waals surface area contributed by atoms with Crippen LogP contribution in [0.4, 0.5) is 23.0 Å². The molecule has 1 aromatic heterocycles. The Morgan fingerprint density at radius 1 is 0.800 bits per heavy atom. The summed E-state index contributed by atoms with van der Waals surface area (Å²) in [6.45, 7) is 5.98. The SMILES string of the molecule is COc1ccc(C)cc1Nc1cc(Nc2cccc(C)c2)nc(C)n1. The topological polar surface area (TPSA) is 59.1 Å². The minimum absolute atomic E-state index is 0.687. The molecule has 0 aliphatic heterocycles. The number of hydrogen-bond donors (Lipinski definition) is 2. The number of aromatic nitrogens is 2. The predicted molar refractivity (Wildman–Crippen MR) is 102 cm³/mol. The summed E-state index contributed by atoms with van der Waals surface area (Å²) in [5.41, 5.74) is 4.21. The van der Waals surface area contributed by atoms with Crippen LogP contribution in [0.15, 0.2) is 48.5 Å². The third-order valence-electron chi connectivity index (χ3n) is 3.75. The maximum Gasteiger partial charge on any atom is 0.142 e. The molecule has 2 N–H and O–H groups in total. The van der Waals surface area contributed by atoms with Gasteiger partial charge in [0.2, 0.25) is 0 Å². The number of benzene rings is 2. The van der Waals surface area contributed by atoms with Gasteiger partial charge in [0.1, 0.15) is 23.2 Å².